The minimum atomic E-state index is -4.57. The van der Waals surface area contributed by atoms with E-state index in [1.54, 1.807) is 13.8 Å². The minimum absolute atomic E-state index is 0.465. The maximum absolute atomic E-state index is 13.7. The van der Waals surface area contributed by atoms with Gasteiger partial charge in [-0.15, -0.1) is 0 Å². The SMILES string of the molecule is CCC(C)OC(=O)c1cc([N+](=O)[O-])c(F)c(S(N)(=O)=O)c1. The molecular formula is C11H13FN2O6S. The Morgan fingerprint density at radius 1 is 1.52 bits per heavy atom. The van der Waals surface area contributed by atoms with Crippen molar-refractivity contribution in [2.45, 2.75) is 31.3 Å². The molecule has 1 aromatic rings. The van der Waals surface area contributed by atoms with E-state index in [0.29, 0.717) is 18.6 Å². The minimum Gasteiger partial charge on any atom is -0.459 e. The second-order valence-corrected chi connectivity index (χ2v) is 5.76. The Morgan fingerprint density at radius 2 is 2.10 bits per heavy atom. The van der Waals surface area contributed by atoms with Crippen molar-refractivity contribution in [3.63, 3.8) is 0 Å². The molecule has 8 nitrogen and oxygen atoms in total. The molecule has 0 aliphatic rings. The van der Waals surface area contributed by atoms with Crippen molar-refractivity contribution in [2.75, 3.05) is 0 Å². The van der Waals surface area contributed by atoms with Crippen LogP contribution in [0.2, 0.25) is 0 Å². The van der Waals surface area contributed by atoms with Crippen molar-refractivity contribution < 1.29 is 27.3 Å². The third-order valence-electron chi connectivity index (χ3n) is 2.64. The van der Waals surface area contributed by atoms with Gasteiger partial charge in [-0.1, -0.05) is 6.92 Å². The number of carbonyl (C=O) groups excluding carboxylic acids is 1. The van der Waals surface area contributed by atoms with Crippen LogP contribution in [0.5, 0.6) is 0 Å². The summed E-state index contributed by atoms with van der Waals surface area (Å²) in [4.78, 5) is 20.2. The summed E-state index contributed by atoms with van der Waals surface area (Å²) in [5.41, 5.74) is -1.63. The Labute approximate surface area is 119 Å². The van der Waals surface area contributed by atoms with Crippen LogP contribution < -0.4 is 5.14 Å². The van der Waals surface area contributed by atoms with Crippen LogP contribution in [0.25, 0.3) is 0 Å². The maximum atomic E-state index is 13.7. The van der Waals surface area contributed by atoms with Crippen LogP contribution >= 0.6 is 0 Å². The van der Waals surface area contributed by atoms with Crippen molar-refractivity contribution in [1.29, 1.82) is 0 Å². The summed E-state index contributed by atoms with van der Waals surface area (Å²) in [6, 6.07) is 1.22. The number of nitrogens with zero attached hydrogens (tertiary/aromatic N) is 1. The number of nitrogens with two attached hydrogens (primary N) is 1. The normalized spacial score (nSPS) is 12.8. The summed E-state index contributed by atoms with van der Waals surface area (Å²) < 4.78 is 41.1. The molecular weight excluding hydrogens is 307 g/mol. The molecule has 21 heavy (non-hydrogen) atoms. The molecule has 0 saturated carbocycles. The van der Waals surface area contributed by atoms with E-state index in [-0.39, 0.29) is 0 Å². The largest absolute Gasteiger partial charge is 0.459 e. The summed E-state index contributed by atoms with van der Waals surface area (Å²) >= 11 is 0. The zero-order valence-electron chi connectivity index (χ0n) is 11.2. The monoisotopic (exact) mass is 320 g/mol. The fourth-order valence-electron chi connectivity index (χ4n) is 1.37. The average Bonchev–Trinajstić information content (AvgIpc) is 2.36. The molecule has 0 bridgehead atoms. The molecule has 0 aliphatic heterocycles. The summed E-state index contributed by atoms with van der Waals surface area (Å²) in [6.45, 7) is 3.32. The first-order chi connectivity index (χ1) is 9.57. The quantitative estimate of drug-likeness (QED) is 0.495. The second-order valence-electron chi connectivity index (χ2n) is 4.23. The lowest BCUT2D eigenvalue weighted by molar-refractivity contribution is -0.387. The molecule has 116 valence electrons. The molecule has 0 amide bonds. The number of rotatable bonds is 5. The zero-order chi connectivity index (χ0) is 16.4. The first kappa shape index (κ1) is 17.0. The van der Waals surface area contributed by atoms with Gasteiger partial charge < -0.3 is 4.74 Å². The number of sulfonamides is 1. The molecule has 0 heterocycles. The van der Waals surface area contributed by atoms with Gasteiger partial charge in [0, 0.05) is 6.07 Å². The molecule has 0 aliphatic carbocycles. The van der Waals surface area contributed by atoms with Crippen LogP contribution in [0.15, 0.2) is 17.0 Å². The smallest absolute Gasteiger partial charge is 0.338 e. The Bertz CT molecular complexity index is 688. The lowest BCUT2D eigenvalue weighted by Gasteiger charge is -2.11. The number of nitro benzene ring substituents is 1. The molecule has 0 fully saturated rings. The van der Waals surface area contributed by atoms with Crippen LogP contribution in [0, 0.1) is 15.9 Å². The topological polar surface area (TPSA) is 130 Å². The van der Waals surface area contributed by atoms with Crippen molar-refractivity contribution in [3.05, 3.63) is 33.6 Å². The van der Waals surface area contributed by atoms with Crippen molar-refractivity contribution >= 4 is 21.7 Å². The number of halogens is 1. The van der Waals surface area contributed by atoms with Crippen LogP contribution in [0.3, 0.4) is 0 Å². The molecule has 1 rings (SSSR count). The number of ether oxygens (including phenoxy) is 1. The van der Waals surface area contributed by atoms with E-state index in [4.69, 9.17) is 9.88 Å². The van der Waals surface area contributed by atoms with E-state index in [0.717, 1.165) is 0 Å². The highest BCUT2D eigenvalue weighted by Gasteiger charge is 2.28. The number of nitro groups is 1. The van der Waals surface area contributed by atoms with E-state index in [1.165, 1.54) is 0 Å². The highest BCUT2D eigenvalue weighted by Crippen LogP contribution is 2.26. The van der Waals surface area contributed by atoms with Crippen LogP contribution in [0.4, 0.5) is 10.1 Å². The van der Waals surface area contributed by atoms with Crippen molar-refractivity contribution in [3.8, 4) is 0 Å². The highest BCUT2D eigenvalue weighted by molar-refractivity contribution is 7.89. The van der Waals surface area contributed by atoms with Crippen molar-refractivity contribution in [1.82, 2.24) is 0 Å². The van der Waals surface area contributed by atoms with E-state index in [1.807, 2.05) is 0 Å². The maximum Gasteiger partial charge on any atom is 0.338 e. The van der Waals surface area contributed by atoms with Gasteiger partial charge in [0.15, 0.2) is 0 Å². The van der Waals surface area contributed by atoms with E-state index < -0.39 is 49.0 Å². The van der Waals surface area contributed by atoms with Gasteiger partial charge in [-0.2, -0.15) is 4.39 Å². The molecule has 1 unspecified atom stereocenters. The fraction of sp³-hybridized carbons (Fsp3) is 0.364. The summed E-state index contributed by atoms with van der Waals surface area (Å²) in [6.07, 6.45) is -0.00333. The lowest BCUT2D eigenvalue weighted by atomic mass is 10.2. The van der Waals surface area contributed by atoms with E-state index in [2.05, 4.69) is 0 Å². The number of carbonyl (C=O) groups is 1. The third-order valence-corrected chi connectivity index (χ3v) is 3.55. The van der Waals surface area contributed by atoms with Gasteiger partial charge in [-0.05, 0) is 19.4 Å². The number of hydrogen-bond donors (Lipinski definition) is 1. The predicted octanol–water partition coefficient (Wildman–Crippen LogP) is 1.34. The lowest BCUT2D eigenvalue weighted by Crippen LogP contribution is -2.18. The summed E-state index contributed by atoms with van der Waals surface area (Å²) in [7, 11) is -4.57. The van der Waals surface area contributed by atoms with Gasteiger partial charge in [0.1, 0.15) is 4.90 Å². The van der Waals surface area contributed by atoms with Gasteiger partial charge in [0.2, 0.25) is 15.8 Å². The standard InChI is InChI=1S/C11H13FN2O6S/c1-3-6(2)20-11(15)7-4-8(14(16)17)10(12)9(5-7)21(13,18)19/h4-6H,3H2,1-2H3,(H2,13,18,19). The molecule has 0 aromatic heterocycles. The number of hydrogen-bond acceptors (Lipinski definition) is 6. The Hall–Kier alpha value is -2.07. The highest BCUT2D eigenvalue weighted by atomic mass is 32.2. The van der Waals surface area contributed by atoms with Gasteiger partial charge in [0.25, 0.3) is 0 Å². The molecule has 1 aromatic carbocycles. The number of benzene rings is 1. The zero-order valence-corrected chi connectivity index (χ0v) is 12.0. The predicted molar refractivity (Wildman–Crippen MR) is 69.6 cm³/mol. The average molecular weight is 320 g/mol. The van der Waals surface area contributed by atoms with Crippen LogP contribution in [-0.2, 0) is 14.8 Å². The van der Waals surface area contributed by atoms with E-state index in [9.17, 15) is 27.7 Å². The summed E-state index contributed by atoms with van der Waals surface area (Å²) in [5.74, 6) is -2.63. The molecule has 0 radical (unpaired) electrons. The van der Waals surface area contributed by atoms with Gasteiger partial charge in [-0.3, -0.25) is 10.1 Å². The fourth-order valence-corrected chi connectivity index (χ4v) is 2.02. The first-order valence-corrected chi connectivity index (χ1v) is 7.34. The second kappa shape index (κ2) is 6.14. The first-order valence-electron chi connectivity index (χ1n) is 5.79. The number of esters is 1. The molecule has 10 heteroatoms. The Balaban J connectivity index is 3.45. The Kier molecular flexibility index (Phi) is 4.97. The van der Waals surface area contributed by atoms with Crippen molar-refractivity contribution in [2.24, 2.45) is 5.14 Å². The van der Waals surface area contributed by atoms with Gasteiger partial charge in [-0.25, -0.2) is 18.4 Å². The van der Waals surface area contributed by atoms with Gasteiger partial charge in [0.05, 0.1) is 16.6 Å². The molecule has 0 saturated heterocycles. The third kappa shape index (κ3) is 3.95. The van der Waals surface area contributed by atoms with Crippen LogP contribution in [0.1, 0.15) is 30.6 Å². The summed E-state index contributed by atoms with van der Waals surface area (Å²) in [5, 5.41) is 15.5. The Morgan fingerprint density at radius 3 is 2.52 bits per heavy atom. The molecule has 0 spiro atoms. The van der Waals surface area contributed by atoms with Gasteiger partial charge >= 0.3 is 11.7 Å². The molecule has 1 atom stereocenters. The van der Waals surface area contributed by atoms with Crippen LogP contribution in [-0.4, -0.2) is 25.4 Å². The number of primary sulfonamides is 1. The van der Waals surface area contributed by atoms with E-state index >= 15 is 0 Å². The molecule has 2 N–H and O–H groups in total.